The first-order valence-electron chi connectivity index (χ1n) is 2.18. The van der Waals surface area contributed by atoms with Crippen molar-refractivity contribution in [2.45, 2.75) is 0 Å². The fraction of sp³-hybridized carbons (Fsp3) is 1.00. The molecule has 0 aromatic carbocycles. The molecular formula is C4H12Cl2O7V3. The second-order valence-corrected chi connectivity index (χ2v) is 0. The molecule has 0 amide bonds. The first kappa shape index (κ1) is 65.7. The van der Waals surface area contributed by atoms with E-state index in [1.165, 1.54) is 0 Å². The molecule has 0 aliphatic carbocycles. The molecule has 99 valence electrons. The zero-order valence-corrected chi connectivity index (χ0v) is 14.7. The molecule has 12 heteroatoms. The fourth-order valence-electron chi connectivity index (χ4n) is 0. The summed E-state index contributed by atoms with van der Waals surface area (Å²) < 4.78 is 24.6. The van der Waals surface area contributed by atoms with Crippen molar-refractivity contribution in [3.63, 3.8) is 0 Å². The van der Waals surface area contributed by atoms with Gasteiger partial charge in [-0.25, -0.2) is 0 Å². The third-order valence-electron chi connectivity index (χ3n) is 0. The predicted octanol–water partition coefficient (Wildman–Crippen LogP) is -10.4. The van der Waals surface area contributed by atoms with E-state index in [2.05, 4.69) is 0 Å². The molecule has 7 nitrogen and oxygen atoms in total. The van der Waals surface area contributed by atoms with Crippen molar-refractivity contribution in [3.8, 4) is 0 Å². The number of rotatable bonds is 0. The fourth-order valence-corrected chi connectivity index (χ4v) is 0. The standard InChI is InChI=1S/4CH3O.2ClH.3O.3V/c4*1-2;;;;;;;;/h4*1H3;2*1H;;;;;;/q4*-1;;;;;;3*+2/p-2. The van der Waals surface area contributed by atoms with Crippen LogP contribution in [0.2, 0.25) is 0 Å². The molecule has 0 saturated carbocycles. The Morgan fingerprint density at radius 3 is 0.438 bits per heavy atom. The van der Waals surface area contributed by atoms with E-state index in [1.54, 1.807) is 0 Å². The summed E-state index contributed by atoms with van der Waals surface area (Å²) in [6.45, 7) is 0. The predicted molar refractivity (Wildman–Crippen MR) is 25.8 cm³/mol. The van der Waals surface area contributed by atoms with Gasteiger partial charge in [0.25, 0.3) is 0 Å². The Bertz CT molecular complexity index is 34.3. The average Bonchev–Trinajstić information content (AvgIpc) is 2.45. The van der Waals surface area contributed by atoms with Crippen LogP contribution >= 0.6 is 0 Å². The second kappa shape index (κ2) is 1620. The van der Waals surface area contributed by atoms with Crippen LogP contribution in [-0.2, 0) is 63.1 Å². The molecular weight excluding hydrogens is 384 g/mol. The number of hydrogen-bond acceptors (Lipinski definition) is 7. The van der Waals surface area contributed by atoms with Gasteiger partial charge in [-0.15, -0.1) is 0 Å². The van der Waals surface area contributed by atoms with Crippen molar-refractivity contribution in [1.29, 1.82) is 0 Å². The summed E-state index contributed by atoms with van der Waals surface area (Å²) in [7, 11) is 3.00. The van der Waals surface area contributed by atoms with Crippen molar-refractivity contribution in [2.24, 2.45) is 0 Å². The van der Waals surface area contributed by atoms with Crippen LogP contribution < -0.4 is 45.2 Å². The minimum absolute atomic E-state index is 0. The van der Waals surface area contributed by atoms with Crippen molar-refractivity contribution in [3.05, 3.63) is 0 Å². The van der Waals surface area contributed by atoms with Crippen LogP contribution in [0.3, 0.4) is 0 Å². The van der Waals surface area contributed by atoms with E-state index >= 15 is 0 Å². The van der Waals surface area contributed by atoms with E-state index in [1.807, 2.05) is 0 Å². The molecule has 0 unspecified atom stereocenters. The topological polar surface area (TPSA) is 143 Å². The van der Waals surface area contributed by atoms with Crippen molar-refractivity contribution in [1.82, 2.24) is 0 Å². The van der Waals surface area contributed by atoms with E-state index in [4.69, 9.17) is 31.4 Å². The van der Waals surface area contributed by atoms with Crippen LogP contribution in [0.1, 0.15) is 0 Å². The Hall–Kier alpha value is 1.57. The molecule has 0 rings (SSSR count). The molecule has 0 aliphatic heterocycles. The normalized spacial score (nSPS) is 2.62. The van der Waals surface area contributed by atoms with Crippen molar-refractivity contribution >= 4 is 0 Å². The molecule has 0 atom stereocenters. The monoisotopic (exact) mass is 395 g/mol. The summed E-state index contributed by atoms with van der Waals surface area (Å²) >= 11 is 3.19. The van der Waals surface area contributed by atoms with Gasteiger partial charge in [0.05, 0.1) is 0 Å². The summed E-state index contributed by atoms with van der Waals surface area (Å²) in [6.07, 6.45) is 0. The molecule has 16 heavy (non-hydrogen) atoms. The SMILES string of the molecule is C[O-].C[O-].C[O-].C[O-].[Cl-].[Cl-].[O]=[V+2].[O]=[V+2].[O]=[V+2]. The van der Waals surface area contributed by atoms with Crippen LogP contribution in [0, 0.1) is 0 Å². The molecule has 0 aromatic rings. The van der Waals surface area contributed by atoms with Gasteiger partial charge in [0, 0.05) is 0 Å². The third-order valence-corrected chi connectivity index (χ3v) is 0. The van der Waals surface area contributed by atoms with E-state index in [0.29, 0.717) is 0 Å². The van der Waals surface area contributed by atoms with Gasteiger partial charge in [-0.05, 0) is 0 Å². The van der Waals surface area contributed by atoms with E-state index in [9.17, 15) is 0 Å². The van der Waals surface area contributed by atoms with Crippen LogP contribution in [0.25, 0.3) is 0 Å². The Balaban J connectivity index is -0.00000000500. The Kier molecular flexibility index (Phi) is 6670. The quantitative estimate of drug-likeness (QED) is 0.396. The van der Waals surface area contributed by atoms with Gasteiger partial charge in [0.2, 0.25) is 0 Å². The zero-order valence-electron chi connectivity index (χ0n) is 8.96. The van der Waals surface area contributed by atoms with Gasteiger partial charge in [0.15, 0.2) is 0 Å². The summed E-state index contributed by atoms with van der Waals surface area (Å²) in [5.41, 5.74) is 0. The Morgan fingerprint density at radius 1 is 0.438 bits per heavy atom. The number of halogens is 2. The summed E-state index contributed by atoms with van der Waals surface area (Å²) in [4.78, 5) is 0. The molecule has 0 bridgehead atoms. The third kappa shape index (κ3) is 1340. The molecule has 0 aliphatic rings. The molecule has 0 saturated heterocycles. The molecule has 0 N–H and O–H groups in total. The second-order valence-electron chi connectivity index (χ2n) is 0. The van der Waals surface area contributed by atoms with Crippen LogP contribution in [-0.4, -0.2) is 28.4 Å². The van der Waals surface area contributed by atoms with Crippen molar-refractivity contribution in [2.75, 3.05) is 28.4 Å². The van der Waals surface area contributed by atoms with Crippen LogP contribution in [0.5, 0.6) is 0 Å². The average molecular weight is 396 g/mol. The maximum atomic E-state index is 8.25. The van der Waals surface area contributed by atoms with Gasteiger partial charge < -0.3 is 45.2 Å². The first-order valence-corrected chi connectivity index (χ1v) is 3.89. The Morgan fingerprint density at radius 2 is 0.438 bits per heavy atom. The Labute approximate surface area is 136 Å². The van der Waals surface area contributed by atoms with Gasteiger partial charge in [0.1, 0.15) is 0 Å². The first-order chi connectivity index (χ1) is 7.00. The van der Waals surface area contributed by atoms with Gasteiger partial charge in [-0.3, -0.25) is 0 Å². The van der Waals surface area contributed by atoms with E-state index in [0.717, 1.165) is 80.5 Å². The van der Waals surface area contributed by atoms with Crippen LogP contribution in [0.4, 0.5) is 0 Å². The van der Waals surface area contributed by atoms with Crippen LogP contribution in [0.15, 0.2) is 0 Å². The molecule has 0 aromatic heterocycles. The van der Waals surface area contributed by atoms with Crippen molar-refractivity contribution < 1.29 is 108 Å². The van der Waals surface area contributed by atoms with E-state index in [-0.39, 0.29) is 24.8 Å². The minimum atomic E-state index is 0. The molecule has 0 spiro atoms. The van der Waals surface area contributed by atoms with Gasteiger partial charge in [-0.2, -0.15) is 28.4 Å². The molecule has 0 radical (unpaired) electrons. The van der Waals surface area contributed by atoms with E-state index < -0.39 is 0 Å². The van der Waals surface area contributed by atoms with Gasteiger partial charge >= 0.3 is 63.1 Å². The zero-order chi connectivity index (χ0) is 14.0. The summed E-state index contributed by atoms with van der Waals surface area (Å²) in [6, 6.07) is 0. The molecule has 0 heterocycles. The van der Waals surface area contributed by atoms with Gasteiger partial charge in [-0.1, -0.05) is 0 Å². The number of hydrogen-bond donors (Lipinski definition) is 0. The molecule has 0 fully saturated rings. The maximum absolute atomic E-state index is 8.25. The summed E-state index contributed by atoms with van der Waals surface area (Å²) in [5.74, 6) is 0. The summed E-state index contributed by atoms with van der Waals surface area (Å²) in [5, 5.41) is 33.0.